The first-order valence-corrected chi connectivity index (χ1v) is 9.01. The molecule has 0 aliphatic carbocycles. The lowest BCUT2D eigenvalue weighted by Gasteiger charge is -2.32. The van der Waals surface area contributed by atoms with E-state index in [4.69, 9.17) is 5.73 Å². The van der Waals surface area contributed by atoms with Crippen molar-refractivity contribution in [2.24, 2.45) is 12.8 Å². The van der Waals surface area contributed by atoms with Gasteiger partial charge in [-0.3, -0.25) is 24.0 Å². The van der Waals surface area contributed by atoms with Gasteiger partial charge >= 0.3 is 5.69 Å². The minimum atomic E-state index is -0.650. The summed E-state index contributed by atoms with van der Waals surface area (Å²) in [6.07, 6.45) is 2.49. The number of amides is 2. The van der Waals surface area contributed by atoms with Crippen molar-refractivity contribution in [1.29, 1.82) is 0 Å². The molecule has 3 N–H and O–H groups in total. The van der Waals surface area contributed by atoms with Crippen molar-refractivity contribution in [3.63, 3.8) is 0 Å². The van der Waals surface area contributed by atoms with Crippen LogP contribution < -0.4 is 21.6 Å². The number of aryl methyl sites for hydroxylation is 1. The van der Waals surface area contributed by atoms with Crippen molar-refractivity contribution in [1.82, 2.24) is 14.5 Å². The van der Waals surface area contributed by atoms with Gasteiger partial charge < -0.3 is 10.6 Å². The van der Waals surface area contributed by atoms with E-state index in [0.717, 1.165) is 37.1 Å². The van der Waals surface area contributed by atoms with Crippen molar-refractivity contribution >= 4 is 28.5 Å². The number of carbonyl (C=O) groups is 2. The van der Waals surface area contributed by atoms with Gasteiger partial charge in [0, 0.05) is 38.3 Å². The minimum Gasteiger partial charge on any atom is -0.371 e. The third kappa shape index (κ3) is 2.70. The number of aromatic nitrogens is 2. The Hall–Kier alpha value is -2.61. The summed E-state index contributed by atoms with van der Waals surface area (Å²) in [6.45, 7) is 1.79. The smallest absolute Gasteiger partial charge is 0.329 e. The van der Waals surface area contributed by atoms with E-state index in [1.807, 2.05) is 18.2 Å². The van der Waals surface area contributed by atoms with Crippen molar-refractivity contribution in [3.8, 4) is 0 Å². The topological polar surface area (TPSA) is 102 Å². The molecule has 0 bridgehead atoms. The average molecular weight is 357 g/mol. The molecule has 0 radical (unpaired) electrons. The molecule has 26 heavy (non-hydrogen) atoms. The maximum atomic E-state index is 12.8. The number of nitrogens with zero attached hydrogens (tertiary/aromatic N) is 3. The van der Waals surface area contributed by atoms with Crippen LogP contribution in [0.3, 0.4) is 0 Å². The Morgan fingerprint density at radius 2 is 1.81 bits per heavy atom. The highest BCUT2D eigenvalue weighted by molar-refractivity contribution is 6.00. The molecule has 0 spiro atoms. The maximum absolute atomic E-state index is 12.8. The summed E-state index contributed by atoms with van der Waals surface area (Å²) < 4.78 is 3.07. The molecule has 138 valence electrons. The molecule has 3 heterocycles. The molecule has 2 aliphatic rings. The molecule has 0 saturated carbocycles. The number of imidazole rings is 1. The number of fused-ring (bicyclic) bond motifs is 1. The van der Waals surface area contributed by atoms with Crippen LogP contribution in [0.1, 0.15) is 31.7 Å². The van der Waals surface area contributed by atoms with Crippen molar-refractivity contribution in [2.75, 3.05) is 18.0 Å². The fraction of sp³-hybridized carbons (Fsp3) is 0.500. The van der Waals surface area contributed by atoms with Gasteiger partial charge in [0.1, 0.15) is 6.04 Å². The zero-order valence-corrected chi connectivity index (χ0v) is 14.8. The van der Waals surface area contributed by atoms with Gasteiger partial charge in [-0.15, -0.1) is 0 Å². The maximum Gasteiger partial charge on any atom is 0.329 e. The molecule has 8 nitrogen and oxygen atoms in total. The molecular weight excluding hydrogens is 334 g/mol. The number of rotatable bonds is 2. The summed E-state index contributed by atoms with van der Waals surface area (Å²) in [7, 11) is 1.71. The van der Waals surface area contributed by atoms with Crippen LogP contribution in [0.2, 0.25) is 0 Å². The molecule has 2 amide bonds. The van der Waals surface area contributed by atoms with Gasteiger partial charge in [-0.2, -0.15) is 0 Å². The van der Waals surface area contributed by atoms with E-state index >= 15 is 0 Å². The van der Waals surface area contributed by atoms with Gasteiger partial charge in [-0.05, 0) is 37.5 Å². The van der Waals surface area contributed by atoms with Crippen LogP contribution >= 0.6 is 0 Å². The predicted molar refractivity (Wildman–Crippen MR) is 98.0 cm³/mol. The molecule has 1 unspecified atom stereocenters. The molecular formula is C18H23N5O3. The van der Waals surface area contributed by atoms with E-state index in [9.17, 15) is 14.4 Å². The Labute approximate surface area is 150 Å². The fourth-order valence-corrected chi connectivity index (χ4v) is 3.94. The summed E-state index contributed by atoms with van der Waals surface area (Å²) in [4.78, 5) is 38.7. The van der Waals surface area contributed by atoms with Crippen molar-refractivity contribution < 1.29 is 9.59 Å². The zero-order chi connectivity index (χ0) is 18.4. The fourth-order valence-electron chi connectivity index (χ4n) is 3.94. The van der Waals surface area contributed by atoms with Crippen molar-refractivity contribution in [2.45, 2.75) is 37.8 Å². The third-order valence-corrected chi connectivity index (χ3v) is 5.50. The van der Waals surface area contributed by atoms with Gasteiger partial charge in [0.05, 0.1) is 11.0 Å². The number of hydrogen-bond acceptors (Lipinski definition) is 5. The van der Waals surface area contributed by atoms with Gasteiger partial charge in [0.2, 0.25) is 11.8 Å². The molecule has 2 saturated heterocycles. The molecule has 4 rings (SSSR count). The normalized spacial score (nSPS) is 22.1. The lowest BCUT2D eigenvalue weighted by Crippen LogP contribution is -2.44. The summed E-state index contributed by atoms with van der Waals surface area (Å²) >= 11 is 0. The molecule has 2 aliphatic heterocycles. The summed E-state index contributed by atoms with van der Waals surface area (Å²) in [5.41, 5.74) is 8.29. The Balaban J connectivity index is 1.74. The van der Waals surface area contributed by atoms with Gasteiger partial charge in [-0.1, -0.05) is 0 Å². The molecule has 1 aromatic carbocycles. The van der Waals surface area contributed by atoms with Crippen LogP contribution in [-0.2, 0) is 16.6 Å². The Morgan fingerprint density at radius 3 is 2.50 bits per heavy atom. The Kier molecular flexibility index (Phi) is 4.07. The summed E-state index contributed by atoms with van der Waals surface area (Å²) in [6, 6.07) is 5.48. The Morgan fingerprint density at radius 1 is 1.08 bits per heavy atom. The van der Waals surface area contributed by atoms with E-state index in [-0.39, 0.29) is 24.1 Å². The molecule has 2 fully saturated rings. The largest absolute Gasteiger partial charge is 0.371 e. The highest BCUT2D eigenvalue weighted by atomic mass is 16.2. The van der Waals surface area contributed by atoms with E-state index in [1.165, 1.54) is 4.57 Å². The third-order valence-electron chi connectivity index (χ3n) is 5.50. The second-order valence-corrected chi connectivity index (χ2v) is 7.18. The number of benzene rings is 1. The highest BCUT2D eigenvalue weighted by Crippen LogP contribution is 2.27. The first kappa shape index (κ1) is 16.8. The number of imide groups is 1. The highest BCUT2D eigenvalue weighted by Gasteiger charge is 2.31. The molecule has 1 atom stereocenters. The standard InChI is InChI=1S/C18H23N5O3/c1-21-15-10-12(22-8-6-11(19)7-9-22)2-3-13(15)23(18(21)26)14-4-5-16(24)20-17(14)25/h2-3,10-11,14H,4-9,19H2,1H3,(H,20,24,25). The van der Waals surface area contributed by atoms with E-state index in [2.05, 4.69) is 10.2 Å². The van der Waals surface area contributed by atoms with Gasteiger partial charge in [0.15, 0.2) is 0 Å². The summed E-state index contributed by atoms with van der Waals surface area (Å²) in [5, 5.41) is 2.33. The Bertz CT molecular complexity index is 936. The van der Waals surface area contributed by atoms with Crippen LogP contribution in [0.5, 0.6) is 0 Å². The quantitative estimate of drug-likeness (QED) is 0.750. The lowest BCUT2D eigenvalue weighted by atomic mass is 10.0. The minimum absolute atomic E-state index is 0.241. The average Bonchev–Trinajstić information content (AvgIpc) is 2.87. The summed E-state index contributed by atoms with van der Waals surface area (Å²) in [5.74, 6) is -0.699. The van der Waals surface area contributed by atoms with Crippen LogP contribution in [0.15, 0.2) is 23.0 Å². The van der Waals surface area contributed by atoms with Crippen LogP contribution in [0.4, 0.5) is 5.69 Å². The van der Waals surface area contributed by atoms with E-state index in [0.29, 0.717) is 11.9 Å². The number of nitrogens with two attached hydrogens (primary N) is 1. The number of hydrogen-bond donors (Lipinski definition) is 2. The molecule has 1 aromatic heterocycles. The second-order valence-electron chi connectivity index (χ2n) is 7.18. The van der Waals surface area contributed by atoms with E-state index in [1.54, 1.807) is 11.6 Å². The van der Waals surface area contributed by atoms with Crippen molar-refractivity contribution in [3.05, 3.63) is 28.7 Å². The first-order valence-electron chi connectivity index (χ1n) is 9.01. The molecule has 8 heteroatoms. The zero-order valence-electron chi connectivity index (χ0n) is 14.8. The first-order chi connectivity index (χ1) is 12.5. The SMILES string of the molecule is Cn1c(=O)n(C2CCC(=O)NC2=O)c2ccc(N3CCC(N)CC3)cc21. The number of nitrogens with one attached hydrogen (secondary N) is 1. The van der Waals surface area contributed by atoms with Crippen LogP contribution in [-0.4, -0.2) is 40.1 Å². The van der Waals surface area contributed by atoms with Crippen LogP contribution in [0.25, 0.3) is 11.0 Å². The number of carbonyl (C=O) groups excluding carboxylic acids is 2. The second kappa shape index (κ2) is 6.28. The van der Waals surface area contributed by atoms with Gasteiger partial charge in [0.25, 0.3) is 0 Å². The lowest BCUT2D eigenvalue weighted by molar-refractivity contribution is -0.135. The predicted octanol–water partition coefficient (Wildman–Crippen LogP) is 0.245. The van der Waals surface area contributed by atoms with Crippen LogP contribution in [0, 0.1) is 0 Å². The van der Waals surface area contributed by atoms with E-state index < -0.39 is 11.9 Å². The number of anilines is 1. The monoisotopic (exact) mass is 357 g/mol. The number of piperidine rings is 2. The van der Waals surface area contributed by atoms with Gasteiger partial charge in [-0.25, -0.2) is 4.79 Å². The molecule has 2 aromatic rings.